The van der Waals surface area contributed by atoms with E-state index in [0.29, 0.717) is 11.5 Å². The number of anilines is 1. The van der Waals surface area contributed by atoms with Gasteiger partial charge in [0.25, 0.3) is 0 Å². The zero-order chi connectivity index (χ0) is 18.5. The third-order valence-corrected chi connectivity index (χ3v) is 4.82. The Morgan fingerprint density at radius 3 is 2.19 bits per heavy atom. The summed E-state index contributed by atoms with van der Waals surface area (Å²) in [7, 11) is 0. The molecular formula is C21H16N4OS. The highest BCUT2D eigenvalue weighted by Crippen LogP contribution is 2.23. The average Bonchev–Trinajstić information content (AvgIpc) is 3.18. The van der Waals surface area contributed by atoms with Crippen LogP contribution in [0.1, 0.15) is 5.69 Å². The van der Waals surface area contributed by atoms with Gasteiger partial charge in [0.1, 0.15) is 5.01 Å². The quantitative estimate of drug-likeness (QED) is 0.562. The fourth-order valence-electron chi connectivity index (χ4n) is 2.60. The highest BCUT2D eigenvalue weighted by molar-refractivity contribution is 7.13. The van der Waals surface area contributed by atoms with Crippen molar-refractivity contribution < 1.29 is 4.79 Å². The lowest BCUT2D eigenvalue weighted by Gasteiger charge is -2.04. The summed E-state index contributed by atoms with van der Waals surface area (Å²) in [5.41, 5.74) is 3.31. The first-order chi connectivity index (χ1) is 13.3. The molecule has 0 saturated carbocycles. The topological polar surface area (TPSA) is 67.8 Å². The summed E-state index contributed by atoms with van der Waals surface area (Å²) in [6, 6.07) is 19.6. The number of benzene rings is 2. The fraction of sp³-hybridized carbons (Fsp3) is 0.0476. The molecule has 0 radical (unpaired) electrons. The van der Waals surface area contributed by atoms with Crippen LogP contribution in [-0.2, 0) is 11.2 Å². The molecule has 6 heteroatoms. The van der Waals surface area contributed by atoms with Crippen molar-refractivity contribution in [2.24, 2.45) is 0 Å². The second-order valence-corrected chi connectivity index (χ2v) is 6.75. The summed E-state index contributed by atoms with van der Waals surface area (Å²) in [6.45, 7) is 0. The third kappa shape index (κ3) is 4.24. The van der Waals surface area contributed by atoms with Gasteiger partial charge in [0.05, 0.1) is 30.2 Å². The first-order valence-corrected chi connectivity index (χ1v) is 9.33. The van der Waals surface area contributed by atoms with Crippen LogP contribution in [0.3, 0.4) is 0 Å². The monoisotopic (exact) mass is 372 g/mol. The van der Waals surface area contributed by atoms with E-state index < -0.39 is 0 Å². The SMILES string of the molecule is O=C(Cc1csc(-c2ccccc2)n1)Nc1cnc(-c2ccccc2)nc1. The van der Waals surface area contributed by atoms with Gasteiger partial charge in [-0.3, -0.25) is 4.79 Å². The summed E-state index contributed by atoms with van der Waals surface area (Å²) >= 11 is 1.53. The van der Waals surface area contributed by atoms with Crippen LogP contribution in [0.2, 0.25) is 0 Å². The molecule has 0 aliphatic rings. The molecule has 2 aromatic heterocycles. The largest absolute Gasteiger partial charge is 0.323 e. The van der Waals surface area contributed by atoms with Gasteiger partial charge in [-0.2, -0.15) is 0 Å². The highest BCUT2D eigenvalue weighted by atomic mass is 32.1. The van der Waals surface area contributed by atoms with E-state index in [-0.39, 0.29) is 12.3 Å². The Bertz CT molecular complexity index is 1030. The van der Waals surface area contributed by atoms with Gasteiger partial charge < -0.3 is 5.32 Å². The van der Waals surface area contributed by atoms with E-state index in [1.807, 2.05) is 66.0 Å². The molecule has 132 valence electrons. The second kappa shape index (κ2) is 7.88. The molecule has 0 bridgehead atoms. The van der Waals surface area contributed by atoms with E-state index >= 15 is 0 Å². The number of hydrogen-bond donors (Lipinski definition) is 1. The Kier molecular flexibility index (Phi) is 4.98. The summed E-state index contributed by atoms with van der Waals surface area (Å²) in [4.78, 5) is 25.4. The van der Waals surface area contributed by atoms with Crippen LogP contribution in [0.5, 0.6) is 0 Å². The number of amides is 1. The maximum atomic E-state index is 12.3. The van der Waals surface area contributed by atoms with Gasteiger partial charge in [0.15, 0.2) is 5.82 Å². The summed E-state index contributed by atoms with van der Waals surface area (Å²) < 4.78 is 0. The molecular weight excluding hydrogens is 356 g/mol. The van der Waals surface area contributed by atoms with Crippen molar-refractivity contribution in [2.45, 2.75) is 6.42 Å². The first-order valence-electron chi connectivity index (χ1n) is 8.45. The Balaban J connectivity index is 1.39. The van der Waals surface area contributed by atoms with E-state index in [9.17, 15) is 4.79 Å². The normalized spacial score (nSPS) is 10.5. The van der Waals surface area contributed by atoms with E-state index in [0.717, 1.165) is 21.8 Å². The van der Waals surface area contributed by atoms with Gasteiger partial charge in [-0.05, 0) is 0 Å². The number of nitrogens with one attached hydrogen (secondary N) is 1. The van der Waals surface area contributed by atoms with Gasteiger partial charge in [0, 0.05) is 16.5 Å². The molecule has 2 aromatic carbocycles. The lowest BCUT2D eigenvalue weighted by atomic mass is 10.2. The Labute approximate surface area is 160 Å². The number of aromatic nitrogens is 3. The maximum absolute atomic E-state index is 12.3. The lowest BCUT2D eigenvalue weighted by molar-refractivity contribution is -0.115. The Morgan fingerprint density at radius 1 is 0.889 bits per heavy atom. The van der Waals surface area contributed by atoms with Crippen molar-refractivity contribution in [3.63, 3.8) is 0 Å². The zero-order valence-corrected chi connectivity index (χ0v) is 15.2. The minimum atomic E-state index is -0.143. The molecule has 4 aromatic rings. The Morgan fingerprint density at radius 2 is 1.52 bits per heavy atom. The van der Waals surface area contributed by atoms with E-state index in [2.05, 4.69) is 20.3 Å². The number of hydrogen-bond acceptors (Lipinski definition) is 5. The third-order valence-electron chi connectivity index (χ3n) is 3.88. The molecule has 5 nitrogen and oxygen atoms in total. The van der Waals surface area contributed by atoms with Gasteiger partial charge in [-0.15, -0.1) is 11.3 Å². The van der Waals surface area contributed by atoms with Crippen LogP contribution < -0.4 is 5.32 Å². The van der Waals surface area contributed by atoms with Gasteiger partial charge in [0.2, 0.25) is 5.91 Å². The molecule has 27 heavy (non-hydrogen) atoms. The van der Waals surface area contributed by atoms with E-state index in [1.54, 1.807) is 12.4 Å². The highest BCUT2D eigenvalue weighted by Gasteiger charge is 2.10. The number of rotatable bonds is 5. The molecule has 1 N–H and O–H groups in total. The average molecular weight is 372 g/mol. The molecule has 0 aliphatic heterocycles. The van der Waals surface area contributed by atoms with Crippen molar-refractivity contribution in [3.8, 4) is 22.0 Å². The smallest absolute Gasteiger partial charge is 0.230 e. The number of thiazole rings is 1. The van der Waals surface area contributed by atoms with Crippen molar-refractivity contribution in [1.82, 2.24) is 15.0 Å². The minimum absolute atomic E-state index is 0.143. The minimum Gasteiger partial charge on any atom is -0.323 e. The summed E-state index contributed by atoms with van der Waals surface area (Å²) in [5, 5.41) is 5.64. The second-order valence-electron chi connectivity index (χ2n) is 5.90. The van der Waals surface area contributed by atoms with Gasteiger partial charge >= 0.3 is 0 Å². The molecule has 2 heterocycles. The molecule has 0 unspecified atom stereocenters. The maximum Gasteiger partial charge on any atom is 0.230 e. The standard InChI is InChI=1S/C21H16N4OS/c26-19(11-17-14-27-21(25-17)16-9-5-2-6-10-16)24-18-12-22-20(23-13-18)15-7-3-1-4-8-15/h1-10,12-14H,11H2,(H,24,26). The molecule has 1 amide bonds. The predicted molar refractivity (Wildman–Crippen MR) is 107 cm³/mol. The predicted octanol–water partition coefficient (Wildman–Crippen LogP) is 4.45. The van der Waals surface area contributed by atoms with Crippen LogP contribution in [-0.4, -0.2) is 20.9 Å². The van der Waals surface area contributed by atoms with Crippen LogP contribution >= 0.6 is 11.3 Å². The van der Waals surface area contributed by atoms with Crippen molar-refractivity contribution in [1.29, 1.82) is 0 Å². The molecule has 4 rings (SSSR count). The van der Waals surface area contributed by atoms with Crippen molar-refractivity contribution >= 4 is 22.9 Å². The number of carbonyl (C=O) groups excluding carboxylic acids is 1. The first kappa shape index (κ1) is 17.1. The van der Waals surface area contributed by atoms with Crippen LogP contribution in [0, 0.1) is 0 Å². The molecule has 0 spiro atoms. The van der Waals surface area contributed by atoms with Crippen LogP contribution in [0.4, 0.5) is 5.69 Å². The number of carbonyl (C=O) groups is 1. The lowest BCUT2D eigenvalue weighted by Crippen LogP contribution is -2.15. The number of nitrogens with zero attached hydrogens (tertiary/aromatic N) is 3. The van der Waals surface area contributed by atoms with E-state index in [4.69, 9.17) is 0 Å². The fourth-order valence-corrected chi connectivity index (χ4v) is 3.43. The Hall–Kier alpha value is -3.38. The van der Waals surface area contributed by atoms with Crippen molar-refractivity contribution in [3.05, 3.63) is 84.1 Å². The van der Waals surface area contributed by atoms with Crippen molar-refractivity contribution in [2.75, 3.05) is 5.32 Å². The summed E-state index contributed by atoms with van der Waals surface area (Å²) in [6.07, 6.45) is 3.44. The van der Waals surface area contributed by atoms with Crippen LogP contribution in [0.15, 0.2) is 78.4 Å². The van der Waals surface area contributed by atoms with Gasteiger partial charge in [-0.25, -0.2) is 15.0 Å². The zero-order valence-electron chi connectivity index (χ0n) is 14.4. The molecule has 0 saturated heterocycles. The summed E-state index contributed by atoms with van der Waals surface area (Å²) in [5.74, 6) is 0.483. The molecule has 0 fully saturated rings. The van der Waals surface area contributed by atoms with Crippen LogP contribution in [0.25, 0.3) is 22.0 Å². The molecule has 0 atom stereocenters. The van der Waals surface area contributed by atoms with Gasteiger partial charge in [-0.1, -0.05) is 60.7 Å². The van der Waals surface area contributed by atoms with E-state index in [1.165, 1.54) is 11.3 Å². The molecule has 0 aliphatic carbocycles.